The molecule has 0 aromatic carbocycles. The molecule has 0 saturated heterocycles. The lowest BCUT2D eigenvalue weighted by Crippen LogP contribution is -2.48. The Labute approximate surface area is 80.3 Å². The molecule has 0 atom stereocenters. The molecule has 0 unspecified atom stereocenters. The van der Waals surface area contributed by atoms with E-state index < -0.39 is 5.54 Å². The van der Waals surface area contributed by atoms with E-state index in [1.54, 1.807) is 0 Å². The number of carbonyl (C=O) groups is 1. The SMILES string of the molecule is CCC(=O)C1(N)CCCCC1.Cl. The van der Waals surface area contributed by atoms with E-state index in [0.29, 0.717) is 6.42 Å². The summed E-state index contributed by atoms with van der Waals surface area (Å²) in [6, 6.07) is 0. The molecule has 0 aliphatic heterocycles. The Balaban J connectivity index is 0.00000121. The van der Waals surface area contributed by atoms with Crippen LogP contribution in [0.1, 0.15) is 45.4 Å². The van der Waals surface area contributed by atoms with Gasteiger partial charge in [-0.1, -0.05) is 26.2 Å². The Hall–Kier alpha value is -0.0800. The molecule has 0 amide bonds. The molecule has 72 valence electrons. The van der Waals surface area contributed by atoms with Crippen LogP contribution in [0.3, 0.4) is 0 Å². The van der Waals surface area contributed by atoms with E-state index >= 15 is 0 Å². The summed E-state index contributed by atoms with van der Waals surface area (Å²) in [6.07, 6.45) is 5.90. The Morgan fingerprint density at radius 1 is 1.33 bits per heavy atom. The van der Waals surface area contributed by atoms with Crippen LogP contribution in [0.4, 0.5) is 0 Å². The fourth-order valence-corrected chi connectivity index (χ4v) is 1.81. The monoisotopic (exact) mass is 191 g/mol. The van der Waals surface area contributed by atoms with Crippen LogP contribution in [-0.4, -0.2) is 11.3 Å². The maximum absolute atomic E-state index is 11.4. The van der Waals surface area contributed by atoms with Gasteiger partial charge in [-0.05, 0) is 12.8 Å². The van der Waals surface area contributed by atoms with Crippen molar-refractivity contribution in [2.24, 2.45) is 5.73 Å². The number of halogens is 1. The second kappa shape index (κ2) is 4.83. The topological polar surface area (TPSA) is 43.1 Å². The summed E-state index contributed by atoms with van der Waals surface area (Å²) in [5, 5.41) is 0. The Morgan fingerprint density at radius 2 is 1.83 bits per heavy atom. The van der Waals surface area contributed by atoms with Gasteiger partial charge in [0, 0.05) is 6.42 Å². The van der Waals surface area contributed by atoms with Crippen LogP contribution in [0, 0.1) is 0 Å². The quantitative estimate of drug-likeness (QED) is 0.726. The lowest BCUT2D eigenvalue weighted by molar-refractivity contribution is -0.125. The van der Waals surface area contributed by atoms with Gasteiger partial charge in [-0.2, -0.15) is 0 Å². The third kappa shape index (κ3) is 2.46. The van der Waals surface area contributed by atoms with Crippen molar-refractivity contribution in [2.45, 2.75) is 51.0 Å². The van der Waals surface area contributed by atoms with Gasteiger partial charge in [0.15, 0.2) is 5.78 Å². The minimum Gasteiger partial charge on any atom is -0.319 e. The highest BCUT2D eigenvalue weighted by atomic mass is 35.5. The van der Waals surface area contributed by atoms with Crippen molar-refractivity contribution in [2.75, 3.05) is 0 Å². The van der Waals surface area contributed by atoms with Crippen molar-refractivity contribution in [3.05, 3.63) is 0 Å². The summed E-state index contributed by atoms with van der Waals surface area (Å²) in [7, 11) is 0. The van der Waals surface area contributed by atoms with Gasteiger partial charge in [0.1, 0.15) is 0 Å². The number of hydrogen-bond donors (Lipinski definition) is 1. The van der Waals surface area contributed by atoms with Crippen molar-refractivity contribution >= 4 is 18.2 Å². The zero-order chi connectivity index (χ0) is 8.32. The van der Waals surface area contributed by atoms with E-state index in [4.69, 9.17) is 5.73 Å². The molecule has 3 heteroatoms. The molecule has 2 nitrogen and oxygen atoms in total. The number of nitrogens with two attached hydrogens (primary N) is 1. The number of rotatable bonds is 2. The third-order valence-electron chi connectivity index (χ3n) is 2.62. The first-order chi connectivity index (χ1) is 5.19. The second-order valence-corrected chi connectivity index (χ2v) is 3.49. The number of hydrogen-bond acceptors (Lipinski definition) is 2. The molecule has 0 aromatic rings. The first-order valence-corrected chi connectivity index (χ1v) is 4.51. The molecule has 1 aliphatic carbocycles. The third-order valence-corrected chi connectivity index (χ3v) is 2.62. The highest BCUT2D eigenvalue weighted by molar-refractivity contribution is 5.87. The van der Waals surface area contributed by atoms with Gasteiger partial charge in [-0.25, -0.2) is 0 Å². The molecule has 2 N–H and O–H groups in total. The Kier molecular flexibility index (Phi) is 4.80. The summed E-state index contributed by atoms with van der Waals surface area (Å²) < 4.78 is 0. The van der Waals surface area contributed by atoms with Gasteiger partial charge >= 0.3 is 0 Å². The molecule has 1 fully saturated rings. The van der Waals surface area contributed by atoms with Gasteiger partial charge in [-0.15, -0.1) is 12.4 Å². The smallest absolute Gasteiger partial charge is 0.152 e. The number of ketones is 1. The van der Waals surface area contributed by atoms with Crippen molar-refractivity contribution < 1.29 is 4.79 Å². The van der Waals surface area contributed by atoms with E-state index in [-0.39, 0.29) is 18.2 Å². The zero-order valence-electron chi connectivity index (χ0n) is 7.64. The van der Waals surface area contributed by atoms with Gasteiger partial charge in [0.05, 0.1) is 5.54 Å². The summed E-state index contributed by atoms with van der Waals surface area (Å²) in [5.41, 5.74) is 5.51. The second-order valence-electron chi connectivity index (χ2n) is 3.49. The van der Waals surface area contributed by atoms with Crippen LogP contribution >= 0.6 is 12.4 Å². The van der Waals surface area contributed by atoms with Gasteiger partial charge < -0.3 is 5.73 Å². The maximum atomic E-state index is 11.4. The highest BCUT2D eigenvalue weighted by Crippen LogP contribution is 2.27. The van der Waals surface area contributed by atoms with Crippen LogP contribution in [0.15, 0.2) is 0 Å². The maximum Gasteiger partial charge on any atom is 0.152 e. The van der Waals surface area contributed by atoms with Crippen LogP contribution < -0.4 is 5.73 Å². The van der Waals surface area contributed by atoms with Crippen molar-refractivity contribution in [3.8, 4) is 0 Å². The molecule has 0 radical (unpaired) electrons. The number of carbonyl (C=O) groups excluding carboxylic acids is 1. The van der Waals surface area contributed by atoms with E-state index in [1.807, 2.05) is 6.92 Å². The molecular formula is C9H18ClNO. The average Bonchev–Trinajstić information content (AvgIpc) is 2.04. The predicted molar refractivity (Wildman–Crippen MR) is 52.5 cm³/mol. The van der Waals surface area contributed by atoms with Crippen LogP contribution in [0.5, 0.6) is 0 Å². The van der Waals surface area contributed by atoms with Crippen LogP contribution in [0.2, 0.25) is 0 Å². The zero-order valence-corrected chi connectivity index (χ0v) is 8.45. The first-order valence-electron chi connectivity index (χ1n) is 4.51. The average molecular weight is 192 g/mol. The highest BCUT2D eigenvalue weighted by Gasteiger charge is 2.33. The Morgan fingerprint density at radius 3 is 2.25 bits per heavy atom. The summed E-state index contributed by atoms with van der Waals surface area (Å²) in [4.78, 5) is 11.4. The summed E-state index contributed by atoms with van der Waals surface area (Å²) in [6.45, 7) is 1.89. The minimum atomic E-state index is -0.451. The molecule has 12 heavy (non-hydrogen) atoms. The van der Waals surface area contributed by atoms with Gasteiger partial charge in [0.25, 0.3) is 0 Å². The van der Waals surface area contributed by atoms with Crippen molar-refractivity contribution in [1.82, 2.24) is 0 Å². The van der Waals surface area contributed by atoms with E-state index in [0.717, 1.165) is 25.7 Å². The standard InChI is InChI=1S/C9H17NO.ClH/c1-2-8(11)9(10)6-4-3-5-7-9;/h2-7,10H2,1H3;1H. The number of Topliss-reactive ketones (excluding diaryl/α,β-unsaturated/α-hetero) is 1. The molecule has 0 heterocycles. The first kappa shape index (κ1) is 11.9. The fourth-order valence-electron chi connectivity index (χ4n) is 1.81. The predicted octanol–water partition coefficient (Wildman–Crippen LogP) is 2.05. The van der Waals surface area contributed by atoms with Crippen LogP contribution in [0.25, 0.3) is 0 Å². The molecule has 1 saturated carbocycles. The van der Waals surface area contributed by atoms with E-state index in [9.17, 15) is 4.79 Å². The van der Waals surface area contributed by atoms with E-state index in [2.05, 4.69) is 0 Å². The van der Waals surface area contributed by atoms with Crippen molar-refractivity contribution in [1.29, 1.82) is 0 Å². The fraction of sp³-hybridized carbons (Fsp3) is 0.889. The molecule has 0 aromatic heterocycles. The largest absolute Gasteiger partial charge is 0.319 e. The van der Waals surface area contributed by atoms with E-state index in [1.165, 1.54) is 6.42 Å². The minimum absolute atomic E-state index is 0. The summed E-state index contributed by atoms with van der Waals surface area (Å²) in [5.74, 6) is 0.247. The molecule has 0 spiro atoms. The molecule has 0 bridgehead atoms. The van der Waals surface area contributed by atoms with Gasteiger partial charge in [0.2, 0.25) is 0 Å². The van der Waals surface area contributed by atoms with Gasteiger partial charge in [-0.3, -0.25) is 4.79 Å². The summed E-state index contributed by atoms with van der Waals surface area (Å²) >= 11 is 0. The Bertz CT molecular complexity index is 153. The molecular weight excluding hydrogens is 174 g/mol. The lowest BCUT2D eigenvalue weighted by atomic mass is 9.79. The lowest BCUT2D eigenvalue weighted by Gasteiger charge is -2.31. The molecule has 1 aliphatic rings. The molecule has 1 rings (SSSR count). The van der Waals surface area contributed by atoms with Crippen LogP contribution in [-0.2, 0) is 4.79 Å². The normalized spacial score (nSPS) is 21.2. The van der Waals surface area contributed by atoms with Crippen molar-refractivity contribution in [3.63, 3.8) is 0 Å².